The van der Waals surface area contributed by atoms with Crippen LogP contribution in [0.4, 0.5) is 0 Å². The van der Waals surface area contributed by atoms with Gasteiger partial charge in [-0.2, -0.15) is 0 Å². The highest BCUT2D eigenvalue weighted by atomic mass is 16.4. The Hall–Kier alpha value is -0.650. The van der Waals surface area contributed by atoms with E-state index in [1.807, 2.05) is 6.92 Å². The van der Waals surface area contributed by atoms with Crippen molar-refractivity contribution in [3.8, 4) is 0 Å². The number of likely N-dealkylation sites (N-methyl/N-ethyl adjacent to an activating group) is 2. The Labute approximate surface area is 110 Å². The van der Waals surface area contributed by atoms with Crippen LogP contribution in [0.3, 0.4) is 0 Å². The quantitative estimate of drug-likeness (QED) is 0.694. The van der Waals surface area contributed by atoms with Gasteiger partial charge in [0.1, 0.15) is 6.04 Å². The lowest BCUT2D eigenvalue weighted by Gasteiger charge is -2.36. The van der Waals surface area contributed by atoms with E-state index in [-0.39, 0.29) is 0 Å². The molecule has 0 aromatic carbocycles. The van der Waals surface area contributed by atoms with Gasteiger partial charge in [0.15, 0.2) is 0 Å². The SMILES string of the molecule is CCNC(CCN1CCCC(N(C)C)C1)C(=O)O. The number of piperidine rings is 1. The fourth-order valence-electron chi connectivity index (χ4n) is 2.53. The fraction of sp³-hybridized carbons (Fsp3) is 0.923. The normalized spacial score (nSPS) is 23.2. The number of hydrogen-bond donors (Lipinski definition) is 2. The van der Waals surface area contributed by atoms with Crippen molar-refractivity contribution in [1.82, 2.24) is 15.1 Å². The largest absolute Gasteiger partial charge is 0.480 e. The molecule has 0 radical (unpaired) electrons. The van der Waals surface area contributed by atoms with Crippen molar-refractivity contribution in [3.05, 3.63) is 0 Å². The zero-order chi connectivity index (χ0) is 13.5. The van der Waals surface area contributed by atoms with Crippen molar-refractivity contribution < 1.29 is 9.90 Å². The molecule has 5 heteroatoms. The summed E-state index contributed by atoms with van der Waals surface area (Å²) in [6, 6.07) is 0.205. The highest BCUT2D eigenvalue weighted by Gasteiger charge is 2.23. The van der Waals surface area contributed by atoms with E-state index in [0.717, 1.165) is 19.6 Å². The van der Waals surface area contributed by atoms with Crippen molar-refractivity contribution in [1.29, 1.82) is 0 Å². The molecule has 0 spiro atoms. The van der Waals surface area contributed by atoms with Gasteiger partial charge in [-0.1, -0.05) is 6.92 Å². The second-order valence-corrected chi connectivity index (χ2v) is 5.30. The molecule has 1 rings (SSSR count). The van der Waals surface area contributed by atoms with Gasteiger partial charge in [-0.15, -0.1) is 0 Å². The summed E-state index contributed by atoms with van der Waals surface area (Å²) in [4.78, 5) is 15.7. The van der Waals surface area contributed by atoms with Gasteiger partial charge in [-0.25, -0.2) is 0 Å². The van der Waals surface area contributed by atoms with Gasteiger partial charge < -0.3 is 20.2 Å². The summed E-state index contributed by atoms with van der Waals surface area (Å²) in [6.07, 6.45) is 3.14. The summed E-state index contributed by atoms with van der Waals surface area (Å²) in [6.45, 7) is 5.68. The van der Waals surface area contributed by atoms with Crippen LogP contribution in [0, 0.1) is 0 Å². The van der Waals surface area contributed by atoms with Crippen molar-refractivity contribution >= 4 is 5.97 Å². The van der Waals surface area contributed by atoms with E-state index in [4.69, 9.17) is 5.11 Å². The Bertz CT molecular complexity index is 259. The maximum absolute atomic E-state index is 11.0. The van der Waals surface area contributed by atoms with Crippen LogP contribution >= 0.6 is 0 Å². The van der Waals surface area contributed by atoms with Crippen LogP contribution in [0.1, 0.15) is 26.2 Å². The lowest BCUT2D eigenvalue weighted by atomic mass is 10.0. The molecule has 0 saturated carbocycles. The molecule has 106 valence electrons. The van der Waals surface area contributed by atoms with Crippen LogP contribution in [-0.4, -0.2) is 73.2 Å². The first kappa shape index (κ1) is 15.4. The van der Waals surface area contributed by atoms with Crippen molar-refractivity contribution in [2.75, 3.05) is 40.3 Å². The number of carboxylic acids is 1. The van der Waals surface area contributed by atoms with Crippen LogP contribution in [0.25, 0.3) is 0 Å². The molecular formula is C13H27N3O2. The van der Waals surface area contributed by atoms with Gasteiger partial charge in [-0.05, 0) is 46.4 Å². The highest BCUT2D eigenvalue weighted by molar-refractivity contribution is 5.73. The maximum Gasteiger partial charge on any atom is 0.320 e. The second kappa shape index (κ2) is 7.71. The standard InChI is InChI=1S/C13H27N3O2/c1-4-14-12(13(17)18)7-9-16-8-5-6-11(10-16)15(2)3/h11-12,14H,4-10H2,1-3H3,(H,17,18). The minimum Gasteiger partial charge on any atom is -0.480 e. The molecule has 0 aromatic rings. The van der Waals surface area contributed by atoms with Gasteiger partial charge in [0.2, 0.25) is 0 Å². The van der Waals surface area contributed by atoms with Gasteiger partial charge in [0, 0.05) is 19.1 Å². The third-order valence-corrected chi connectivity index (χ3v) is 3.69. The molecule has 1 aliphatic heterocycles. The molecule has 0 amide bonds. The maximum atomic E-state index is 11.0. The summed E-state index contributed by atoms with van der Waals surface area (Å²) < 4.78 is 0. The number of hydrogen-bond acceptors (Lipinski definition) is 4. The first-order valence-corrected chi connectivity index (χ1v) is 6.89. The van der Waals surface area contributed by atoms with Crippen LogP contribution in [0.15, 0.2) is 0 Å². The van der Waals surface area contributed by atoms with E-state index in [1.165, 1.54) is 12.8 Å². The van der Waals surface area contributed by atoms with Crippen LogP contribution < -0.4 is 5.32 Å². The molecular weight excluding hydrogens is 230 g/mol. The Morgan fingerprint density at radius 2 is 2.28 bits per heavy atom. The van der Waals surface area contributed by atoms with Crippen LogP contribution in [0.2, 0.25) is 0 Å². The van der Waals surface area contributed by atoms with E-state index in [0.29, 0.717) is 19.0 Å². The molecule has 18 heavy (non-hydrogen) atoms. The Kier molecular flexibility index (Phi) is 6.60. The van der Waals surface area contributed by atoms with E-state index in [1.54, 1.807) is 0 Å². The monoisotopic (exact) mass is 257 g/mol. The summed E-state index contributed by atoms with van der Waals surface area (Å²) in [5, 5.41) is 12.1. The summed E-state index contributed by atoms with van der Waals surface area (Å²) >= 11 is 0. The van der Waals surface area contributed by atoms with Gasteiger partial charge in [0.25, 0.3) is 0 Å². The first-order chi connectivity index (χ1) is 8.54. The molecule has 5 nitrogen and oxygen atoms in total. The highest BCUT2D eigenvalue weighted by Crippen LogP contribution is 2.14. The average molecular weight is 257 g/mol. The smallest absolute Gasteiger partial charge is 0.320 e. The molecule has 0 aliphatic carbocycles. The third kappa shape index (κ3) is 4.92. The molecule has 1 fully saturated rings. The molecule has 2 atom stereocenters. The second-order valence-electron chi connectivity index (χ2n) is 5.30. The van der Waals surface area contributed by atoms with Crippen LogP contribution in [-0.2, 0) is 4.79 Å². The number of nitrogens with one attached hydrogen (secondary N) is 1. The molecule has 0 bridgehead atoms. The van der Waals surface area contributed by atoms with E-state index in [9.17, 15) is 4.79 Å². The number of likely N-dealkylation sites (tertiary alicyclic amines) is 1. The molecule has 2 unspecified atom stereocenters. The summed E-state index contributed by atoms with van der Waals surface area (Å²) in [5.74, 6) is -0.738. The van der Waals surface area contributed by atoms with Crippen molar-refractivity contribution in [3.63, 3.8) is 0 Å². The Morgan fingerprint density at radius 3 is 2.83 bits per heavy atom. The number of aliphatic carboxylic acids is 1. The molecule has 0 aromatic heterocycles. The van der Waals surface area contributed by atoms with Gasteiger partial charge in [0.05, 0.1) is 0 Å². The average Bonchev–Trinajstić information content (AvgIpc) is 2.34. The van der Waals surface area contributed by atoms with Gasteiger partial charge >= 0.3 is 5.97 Å². The van der Waals surface area contributed by atoms with Crippen molar-refractivity contribution in [2.45, 2.75) is 38.3 Å². The zero-order valence-electron chi connectivity index (χ0n) is 11.9. The minimum atomic E-state index is -0.738. The third-order valence-electron chi connectivity index (χ3n) is 3.69. The minimum absolute atomic E-state index is 0.408. The number of carbonyl (C=O) groups is 1. The number of carboxylic acid groups (broad SMARTS) is 1. The zero-order valence-corrected chi connectivity index (χ0v) is 11.9. The van der Waals surface area contributed by atoms with E-state index >= 15 is 0 Å². The van der Waals surface area contributed by atoms with Crippen molar-refractivity contribution in [2.24, 2.45) is 0 Å². The molecule has 1 aliphatic rings. The number of rotatable bonds is 7. The molecule has 1 heterocycles. The lowest BCUT2D eigenvalue weighted by molar-refractivity contribution is -0.139. The molecule has 2 N–H and O–H groups in total. The predicted octanol–water partition coefficient (Wildman–Crippen LogP) is 0.465. The Morgan fingerprint density at radius 1 is 1.56 bits per heavy atom. The predicted molar refractivity (Wildman–Crippen MR) is 72.9 cm³/mol. The lowest BCUT2D eigenvalue weighted by Crippen LogP contribution is -2.47. The topological polar surface area (TPSA) is 55.8 Å². The summed E-state index contributed by atoms with van der Waals surface area (Å²) in [7, 11) is 4.24. The summed E-state index contributed by atoms with van der Waals surface area (Å²) in [5.41, 5.74) is 0. The van der Waals surface area contributed by atoms with E-state index < -0.39 is 12.0 Å². The van der Waals surface area contributed by atoms with Gasteiger partial charge in [-0.3, -0.25) is 4.79 Å². The fourth-order valence-corrected chi connectivity index (χ4v) is 2.53. The molecule has 1 saturated heterocycles. The first-order valence-electron chi connectivity index (χ1n) is 6.89. The van der Waals surface area contributed by atoms with E-state index in [2.05, 4.69) is 29.2 Å². The Balaban J connectivity index is 2.35. The number of nitrogens with zero attached hydrogens (tertiary/aromatic N) is 2. The van der Waals surface area contributed by atoms with Crippen LogP contribution in [0.5, 0.6) is 0 Å².